The van der Waals surface area contributed by atoms with Crippen LogP contribution in [0.2, 0.25) is 0 Å². The van der Waals surface area contributed by atoms with Crippen LogP contribution in [0.1, 0.15) is 23.1 Å². The Hall–Kier alpha value is -2.20. The highest BCUT2D eigenvalue weighted by molar-refractivity contribution is 5.48. The first-order chi connectivity index (χ1) is 10.3. The maximum Gasteiger partial charge on any atom is 0.133 e. The number of ether oxygens (including phenoxy) is 3. The molecule has 2 aromatic carbocycles. The van der Waals surface area contributed by atoms with E-state index in [1.807, 2.05) is 42.5 Å². The smallest absolute Gasteiger partial charge is 0.133 e. The van der Waals surface area contributed by atoms with Crippen molar-refractivity contribution in [2.24, 2.45) is 0 Å². The third-order valence-electron chi connectivity index (χ3n) is 3.88. The summed E-state index contributed by atoms with van der Waals surface area (Å²) in [6.07, 6.45) is -0.192. The Morgan fingerprint density at radius 2 is 1.67 bits per heavy atom. The summed E-state index contributed by atoms with van der Waals surface area (Å²) in [7, 11) is 3.27. The lowest BCUT2D eigenvalue weighted by Crippen LogP contribution is -2.13. The van der Waals surface area contributed by atoms with Gasteiger partial charge in [-0.15, -0.1) is 0 Å². The van der Waals surface area contributed by atoms with Crippen LogP contribution < -0.4 is 14.2 Å². The first-order valence-corrected chi connectivity index (χ1v) is 6.86. The summed E-state index contributed by atoms with van der Waals surface area (Å²) in [6, 6.07) is 13.4. The average molecular weight is 286 g/mol. The molecule has 0 saturated heterocycles. The van der Waals surface area contributed by atoms with E-state index in [0.29, 0.717) is 0 Å². The highest BCUT2D eigenvalue weighted by Crippen LogP contribution is 2.47. The van der Waals surface area contributed by atoms with Crippen LogP contribution in [-0.2, 0) is 0 Å². The van der Waals surface area contributed by atoms with E-state index in [2.05, 4.69) is 0 Å². The molecule has 1 heterocycles. The summed E-state index contributed by atoms with van der Waals surface area (Å²) in [5.41, 5.74) is 2.00. The molecule has 4 heteroatoms. The monoisotopic (exact) mass is 286 g/mol. The molecule has 0 aromatic heterocycles. The second-order valence-corrected chi connectivity index (χ2v) is 5.00. The summed E-state index contributed by atoms with van der Waals surface area (Å²) in [5.74, 6) is 2.28. The Balaban J connectivity index is 1.94. The number of aliphatic hydroxyl groups excluding tert-OH is 1. The van der Waals surface area contributed by atoms with Crippen LogP contribution in [0.25, 0.3) is 0 Å². The van der Waals surface area contributed by atoms with Crippen LogP contribution in [0.3, 0.4) is 0 Å². The molecule has 2 aromatic rings. The van der Waals surface area contributed by atoms with Gasteiger partial charge >= 0.3 is 0 Å². The fourth-order valence-electron chi connectivity index (χ4n) is 2.72. The molecule has 21 heavy (non-hydrogen) atoms. The van der Waals surface area contributed by atoms with Gasteiger partial charge in [-0.1, -0.05) is 12.1 Å². The third-order valence-corrected chi connectivity index (χ3v) is 3.88. The normalized spacial score (nSPS) is 19.8. The first kappa shape index (κ1) is 13.8. The molecule has 0 unspecified atom stereocenters. The van der Waals surface area contributed by atoms with Crippen molar-refractivity contribution in [1.82, 2.24) is 0 Å². The van der Waals surface area contributed by atoms with Crippen LogP contribution in [0.5, 0.6) is 17.2 Å². The van der Waals surface area contributed by atoms with Gasteiger partial charge in [-0.3, -0.25) is 0 Å². The predicted octanol–water partition coefficient (Wildman–Crippen LogP) is 2.91. The SMILES string of the molecule is COc1ccc([C@H]2Oc3ccc(OC)cc3[C@@H]2CO)cc1. The lowest BCUT2D eigenvalue weighted by Gasteiger charge is -2.17. The van der Waals surface area contributed by atoms with Gasteiger partial charge in [0.1, 0.15) is 23.4 Å². The van der Waals surface area contributed by atoms with Gasteiger partial charge in [-0.05, 0) is 35.9 Å². The highest BCUT2D eigenvalue weighted by Gasteiger charge is 2.35. The van der Waals surface area contributed by atoms with E-state index in [4.69, 9.17) is 14.2 Å². The molecule has 0 saturated carbocycles. The molecule has 110 valence electrons. The molecular formula is C17H18O4. The zero-order chi connectivity index (χ0) is 14.8. The van der Waals surface area contributed by atoms with Crippen LogP contribution in [0.4, 0.5) is 0 Å². The molecule has 0 aliphatic carbocycles. The van der Waals surface area contributed by atoms with Crippen molar-refractivity contribution in [2.45, 2.75) is 12.0 Å². The largest absolute Gasteiger partial charge is 0.497 e. The summed E-state index contributed by atoms with van der Waals surface area (Å²) in [6.45, 7) is 0.0247. The molecule has 4 nitrogen and oxygen atoms in total. The lowest BCUT2D eigenvalue weighted by atomic mass is 9.92. The standard InChI is InChI=1S/C17H18O4/c1-19-12-5-3-11(4-6-12)17-15(10-18)14-9-13(20-2)7-8-16(14)21-17/h3-9,15,17-18H,10H2,1-2H3/t15-,17+/m0/s1. The molecule has 0 amide bonds. The number of hydrogen-bond donors (Lipinski definition) is 1. The molecule has 1 N–H and O–H groups in total. The third kappa shape index (κ3) is 2.43. The summed E-state index contributed by atoms with van der Waals surface area (Å²) in [5, 5.41) is 9.76. The van der Waals surface area contributed by atoms with Gasteiger partial charge in [0.05, 0.1) is 26.7 Å². The molecule has 1 aliphatic heterocycles. The fourth-order valence-corrected chi connectivity index (χ4v) is 2.72. The van der Waals surface area contributed by atoms with Gasteiger partial charge in [-0.2, -0.15) is 0 Å². The zero-order valence-electron chi connectivity index (χ0n) is 12.1. The fraction of sp³-hybridized carbons (Fsp3) is 0.294. The molecule has 0 spiro atoms. The first-order valence-electron chi connectivity index (χ1n) is 6.86. The number of benzene rings is 2. The van der Waals surface area contributed by atoms with Gasteiger partial charge < -0.3 is 19.3 Å². The lowest BCUT2D eigenvalue weighted by molar-refractivity contribution is 0.160. The number of aliphatic hydroxyl groups is 1. The summed E-state index contributed by atoms with van der Waals surface area (Å²) >= 11 is 0. The maximum absolute atomic E-state index is 9.76. The van der Waals surface area contributed by atoms with Crippen molar-refractivity contribution in [3.63, 3.8) is 0 Å². The van der Waals surface area contributed by atoms with E-state index < -0.39 is 0 Å². The van der Waals surface area contributed by atoms with E-state index in [1.54, 1.807) is 14.2 Å². The van der Waals surface area contributed by atoms with Crippen molar-refractivity contribution in [3.05, 3.63) is 53.6 Å². The molecule has 3 rings (SSSR count). The van der Waals surface area contributed by atoms with Gasteiger partial charge in [-0.25, -0.2) is 0 Å². The van der Waals surface area contributed by atoms with Crippen LogP contribution in [-0.4, -0.2) is 25.9 Å². The number of rotatable bonds is 4. The number of hydrogen-bond acceptors (Lipinski definition) is 4. The topological polar surface area (TPSA) is 47.9 Å². The minimum Gasteiger partial charge on any atom is -0.497 e. The molecule has 0 fully saturated rings. The predicted molar refractivity (Wildman–Crippen MR) is 79.2 cm³/mol. The summed E-state index contributed by atoms with van der Waals surface area (Å²) < 4.78 is 16.4. The van der Waals surface area contributed by atoms with E-state index in [1.165, 1.54) is 0 Å². The minimum atomic E-state index is -0.192. The van der Waals surface area contributed by atoms with Crippen LogP contribution in [0, 0.1) is 0 Å². The molecular weight excluding hydrogens is 268 g/mol. The van der Waals surface area contributed by atoms with Crippen LogP contribution >= 0.6 is 0 Å². The molecule has 1 aliphatic rings. The quantitative estimate of drug-likeness (QED) is 0.939. The van der Waals surface area contributed by atoms with Crippen molar-refractivity contribution in [2.75, 3.05) is 20.8 Å². The van der Waals surface area contributed by atoms with Crippen LogP contribution in [0.15, 0.2) is 42.5 Å². The van der Waals surface area contributed by atoms with Crippen molar-refractivity contribution < 1.29 is 19.3 Å². The number of fused-ring (bicyclic) bond motifs is 1. The van der Waals surface area contributed by atoms with E-state index >= 15 is 0 Å². The van der Waals surface area contributed by atoms with Gasteiger partial charge in [0, 0.05) is 5.56 Å². The summed E-state index contributed by atoms with van der Waals surface area (Å²) in [4.78, 5) is 0. The van der Waals surface area contributed by atoms with Gasteiger partial charge in [0.2, 0.25) is 0 Å². The Morgan fingerprint density at radius 1 is 1.00 bits per heavy atom. The van der Waals surface area contributed by atoms with E-state index in [9.17, 15) is 5.11 Å². The van der Waals surface area contributed by atoms with Gasteiger partial charge in [0.15, 0.2) is 0 Å². The minimum absolute atomic E-state index is 0.0247. The Labute approximate surface area is 123 Å². The van der Waals surface area contributed by atoms with E-state index in [0.717, 1.165) is 28.4 Å². The van der Waals surface area contributed by atoms with Crippen molar-refractivity contribution in [3.8, 4) is 17.2 Å². The molecule has 0 radical (unpaired) electrons. The van der Waals surface area contributed by atoms with Crippen molar-refractivity contribution in [1.29, 1.82) is 0 Å². The Morgan fingerprint density at radius 3 is 2.29 bits per heavy atom. The molecule has 2 atom stereocenters. The second kappa shape index (κ2) is 5.66. The average Bonchev–Trinajstić information content (AvgIpc) is 2.92. The second-order valence-electron chi connectivity index (χ2n) is 5.00. The maximum atomic E-state index is 9.76. The Kier molecular flexibility index (Phi) is 3.71. The van der Waals surface area contributed by atoms with E-state index in [-0.39, 0.29) is 18.6 Å². The highest BCUT2D eigenvalue weighted by atomic mass is 16.5. The zero-order valence-corrected chi connectivity index (χ0v) is 12.1. The van der Waals surface area contributed by atoms with Gasteiger partial charge in [0.25, 0.3) is 0 Å². The number of methoxy groups -OCH3 is 2. The Bertz CT molecular complexity index is 621. The molecule has 0 bridgehead atoms. The van der Waals surface area contributed by atoms with Crippen molar-refractivity contribution >= 4 is 0 Å².